The Balaban J connectivity index is 1.83. The normalized spacial score (nSPS) is 22.8. The Morgan fingerprint density at radius 2 is 2.18 bits per heavy atom. The lowest BCUT2D eigenvalue weighted by atomic mass is 10.0. The molecule has 0 saturated carbocycles. The van der Waals surface area contributed by atoms with Gasteiger partial charge in [-0.15, -0.1) is 0 Å². The van der Waals surface area contributed by atoms with Crippen LogP contribution in [0, 0.1) is 0 Å². The maximum atomic E-state index is 4.59. The van der Waals surface area contributed by atoms with Crippen molar-refractivity contribution < 1.29 is 0 Å². The topological polar surface area (TPSA) is 41.6 Å². The van der Waals surface area contributed by atoms with Crippen LogP contribution in [-0.2, 0) is 0 Å². The van der Waals surface area contributed by atoms with Gasteiger partial charge in [0.15, 0.2) is 5.82 Å². The molecule has 3 nitrogen and oxygen atoms in total. The van der Waals surface area contributed by atoms with Gasteiger partial charge in [-0.25, -0.2) is 4.98 Å². The fraction of sp³-hybridized carbons (Fsp3) is 0.286. The predicted octanol–water partition coefficient (Wildman–Crippen LogP) is 3.14. The smallest absolute Gasteiger partial charge is 0.180 e. The molecule has 1 N–H and O–H groups in total. The van der Waals surface area contributed by atoms with E-state index < -0.39 is 0 Å². The van der Waals surface area contributed by atoms with Crippen LogP contribution in [0.2, 0.25) is 0 Å². The third-order valence-electron chi connectivity index (χ3n) is 3.09. The Morgan fingerprint density at radius 3 is 2.94 bits per heavy atom. The number of rotatable bonds is 2. The number of allylic oxidation sites excluding steroid dienone is 8. The zero-order valence-corrected chi connectivity index (χ0v) is 9.63. The minimum Gasteiger partial charge on any atom is -0.262 e. The molecule has 0 bridgehead atoms. The molecule has 3 rings (SSSR count). The molecule has 86 valence electrons. The van der Waals surface area contributed by atoms with E-state index >= 15 is 0 Å². The molecule has 1 unspecified atom stereocenters. The zero-order chi connectivity index (χ0) is 11.5. The molecule has 0 spiro atoms. The van der Waals surface area contributed by atoms with Crippen molar-refractivity contribution in [3.05, 3.63) is 54.2 Å². The second kappa shape index (κ2) is 4.53. The van der Waals surface area contributed by atoms with Gasteiger partial charge in [0.25, 0.3) is 0 Å². The molecular formula is C14H15N3. The molecule has 0 aromatic carbocycles. The summed E-state index contributed by atoms with van der Waals surface area (Å²) < 4.78 is 0. The minimum absolute atomic E-state index is 0.342. The molecular weight excluding hydrogens is 210 g/mol. The summed E-state index contributed by atoms with van der Waals surface area (Å²) in [7, 11) is 0. The highest BCUT2D eigenvalue weighted by Crippen LogP contribution is 2.24. The van der Waals surface area contributed by atoms with E-state index in [1.807, 2.05) is 0 Å². The van der Waals surface area contributed by atoms with Gasteiger partial charge in [-0.1, -0.05) is 42.5 Å². The Bertz CT molecular complexity index is 517. The van der Waals surface area contributed by atoms with E-state index in [1.54, 1.807) is 0 Å². The van der Waals surface area contributed by atoms with Crippen LogP contribution in [0.5, 0.6) is 0 Å². The summed E-state index contributed by atoms with van der Waals surface area (Å²) in [5, 5.41) is 7.35. The molecule has 1 heterocycles. The lowest BCUT2D eigenvalue weighted by molar-refractivity contribution is 0.778. The van der Waals surface area contributed by atoms with E-state index in [0.29, 0.717) is 5.92 Å². The molecule has 2 aliphatic carbocycles. The van der Waals surface area contributed by atoms with Gasteiger partial charge < -0.3 is 0 Å². The molecule has 1 aromatic rings. The molecule has 1 aromatic heterocycles. The first-order valence-electron chi connectivity index (χ1n) is 6.06. The lowest BCUT2D eigenvalue weighted by Gasteiger charge is -2.08. The summed E-state index contributed by atoms with van der Waals surface area (Å²) in [4.78, 5) is 4.59. The fourth-order valence-corrected chi connectivity index (χ4v) is 2.13. The van der Waals surface area contributed by atoms with Crippen LogP contribution in [0.15, 0.2) is 42.5 Å². The van der Waals surface area contributed by atoms with E-state index in [-0.39, 0.29) is 0 Å². The number of H-pyrrole nitrogens is 1. The van der Waals surface area contributed by atoms with Gasteiger partial charge in [0, 0.05) is 11.5 Å². The van der Waals surface area contributed by atoms with Crippen LogP contribution >= 0.6 is 0 Å². The van der Waals surface area contributed by atoms with Crippen molar-refractivity contribution in [2.45, 2.75) is 25.2 Å². The summed E-state index contributed by atoms with van der Waals surface area (Å²) in [6.07, 6.45) is 18.1. The van der Waals surface area contributed by atoms with Gasteiger partial charge >= 0.3 is 0 Å². The first kappa shape index (κ1) is 10.3. The Morgan fingerprint density at radius 1 is 1.18 bits per heavy atom. The van der Waals surface area contributed by atoms with Crippen LogP contribution in [0.25, 0.3) is 5.57 Å². The Hall–Kier alpha value is -1.90. The highest BCUT2D eigenvalue weighted by Gasteiger charge is 2.14. The van der Waals surface area contributed by atoms with Crippen LogP contribution in [0.3, 0.4) is 0 Å². The molecule has 0 radical (unpaired) electrons. The van der Waals surface area contributed by atoms with Gasteiger partial charge in [0.2, 0.25) is 0 Å². The van der Waals surface area contributed by atoms with Gasteiger partial charge in [-0.05, 0) is 19.3 Å². The number of nitrogens with one attached hydrogen (secondary N) is 1. The van der Waals surface area contributed by atoms with Gasteiger partial charge in [-0.3, -0.25) is 5.10 Å². The summed E-state index contributed by atoms with van der Waals surface area (Å²) >= 11 is 0. The molecule has 0 saturated heterocycles. The Kier molecular flexibility index (Phi) is 2.74. The highest BCUT2D eigenvalue weighted by atomic mass is 15.2. The van der Waals surface area contributed by atoms with Crippen molar-refractivity contribution in [1.82, 2.24) is 15.2 Å². The van der Waals surface area contributed by atoms with E-state index in [1.165, 1.54) is 0 Å². The number of nitrogens with zero attached hydrogens (tertiary/aromatic N) is 2. The van der Waals surface area contributed by atoms with Crippen molar-refractivity contribution >= 4 is 5.57 Å². The number of aromatic nitrogens is 3. The van der Waals surface area contributed by atoms with Gasteiger partial charge in [-0.2, -0.15) is 5.10 Å². The summed E-state index contributed by atoms with van der Waals surface area (Å²) in [6, 6.07) is 0. The third-order valence-corrected chi connectivity index (χ3v) is 3.09. The molecule has 3 heteroatoms. The van der Waals surface area contributed by atoms with Crippen molar-refractivity contribution in [2.75, 3.05) is 0 Å². The summed E-state index contributed by atoms with van der Waals surface area (Å²) in [5.74, 6) is 2.12. The van der Waals surface area contributed by atoms with Crippen molar-refractivity contribution in [3.8, 4) is 0 Å². The third kappa shape index (κ3) is 2.13. The SMILES string of the molecule is C1=CCC(c2nc(C3=CCCC=C3)n[nH]2)C=C1. The van der Waals surface area contributed by atoms with Crippen LogP contribution in [0.4, 0.5) is 0 Å². The average molecular weight is 225 g/mol. The van der Waals surface area contributed by atoms with Crippen molar-refractivity contribution in [1.29, 1.82) is 0 Å². The van der Waals surface area contributed by atoms with Crippen LogP contribution in [0.1, 0.15) is 36.8 Å². The van der Waals surface area contributed by atoms with E-state index in [4.69, 9.17) is 0 Å². The monoisotopic (exact) mass is 225 g/mol. The molecule has 1 atom stereocenters. The second-order valence-corrected chi connectivity index (χ2v) is 4.34. The maximum absolute atomic E-state index is 4.59. The zero-order valence-electron chi connectivity index (χ0n) is 9.63. The fourth-order valence-electron chi connectivity index (χ4n) is 2.13. The second-order valence-electron chi connectivity index (χ2n) is 4.34. The van der Waals surface area contributed by atoms with Crippen LogP contribution in [-0.4, -0.2) is 15.2 Å². The van der Waals surface area contributed by atoms with Crippen molar-refractivity contribution in [2.24, 2.45) is 0 Å². The van der Waals surface area contributed by atoms with Gasteiger partial charge in [0.05, 0.1) is 0 Å². The summed E-state index contributed by atoms with van der Waals surface area (Å²) in [6.45, 7) is 0. The molecule has 0 aliphatic heterocycles. The number of aromatic amines is 1. The largest absolute Gasteiger partial charge is 0.262 e. The predicted molar refractivity (Wildman–Crippen MR) is 68.4 cm³/mol. The highest BCUT2D eigenvalue weighted by molar-refractivity contribution is 5.70. The first-order chi connectivity index (χ1) is 8.43. The first-order valence-corrected chi connectivity index (χ1v) is 6.06. The molecule has 17 heavy (non-hydrogen) atoms. The van der Waals surface area contributed by atoms with E-state index in [0.717, 1.165) is 36.5 Å². The number of hydrogen-bond acceptors (Lipinski definition) is 2. The molecule has 0 amide bonds. The molecule has 2 aliphatic rings. The maximum Gasteiger partial charge on any atom is 0.180 e. The van der Waals surface area contributed by atoms with E-state index in [9.17, 15) is 0 Å². The number of hydrogen-bond donors (Lipinski definition) is 1. The molecule has 0 fully saturated rings. The quantitative estimate of drug-likeness (QED) is 0.840. The van der Waals surface area contributed by atoms with Crippen molar-refractivity contribution in [3.63, 3.8) is 0 Å². The van der Waals surface area contributed by atoms with E-state index in [2.05, 4.69) is 57.7 Å². The van der Waals surface area contributed by atoms with Crippen LogP contribution < -0.4 is 0 Å². The Labute approximate surface area is 101 Å². The minimum atomic E-state index is 0.342. The average Bonchev–Trinajstić information content (AvgIpc) is 2.90. The standard InChI is InChI=1S/C14H15N3/c1-3-7-11(8-4-1)13-15-14(17-16-13)12-9-5-2-6-10-12/h1,3-5,7,9-11H,2,6,8H2,(H,15,16,17). The summed E-state index contributed by atoms with van der Waals surface area (Å²) in [5.41, 5.74) is 1.13. The van der Waals surface area contributed by atoms with Gasteiger partial charge in [0.1, 0.15) is 5.82 Å². The lowest BCUT2D eigenvalue weighted by Crippen LogP contribution is -1.98.